The van der Waals surface area contributed by atoms with E-state index in [-0.39, 0.29) is 29.9 Å². The summed E-state index contributed by atoms with van der Waals surface area (Å²) in [5, 5.41) is 16.3. The number of carbonyl (C=O) groups is 2. The predicted octanol–water partition coefficient (Wildman–Crippen LogP) is 4.36. The second kappa shape index (κ2) is 8.96. The highest BCUT2D eigenvalue weighted by molar-refractivity contribution is 8.03. The molecule has 0 radical (unpaired) electrons. The number of rotatable bonds is 5. The second-order valence-electron chi connectivity index (χ2n) is 6.36. The Bertz CT molecular complexity index is 980. The van der Waals surface area contributed by atoms with Crippen LogP contribution in [0.2, 0.25) is 5.02 Å². The van der Waals surface area contributed by atoms with Crippen molar-refractivity contribution in [3.8, 4) is 6.07 Å². The molecule has 2 aromatic rings. The molecule has 0 saturated carbocycles. The van der Waals surface area contributed by atoms with Gasteiger partial charge >= 0.3 is 0 Å². The van der Waals surface area contributed by atoms with Gasteiger partial charge in [0, 0.05) is 23.0 Å². The Morgan fingerprint density at radius 3 is 2.68 bits per heavy atom. The molecule has 0 aromatic heterocycles. The standard InChI is InChI=1S/C21H18ClN3O2S/c1-13-4-2-3-5-18(13)24-20(27)12-28-21-17(11-23)16(10-19(26)25-21)14-6-8-15(22)9-7-14/h2-9,16H,10,12H2,1H3,(H,24,27)(H,25,26). The number of allylic oxidation sites excluding steroid dienone is 1. The summed E-state index contributed by atoms with van der Waals surface area (Å²) < 4.78 is 0. The van der Waals surface area contributed by atoms with Crippen molar-refractivity contribution in [1.82, 2.24) is 5.32 Å². The molecule has 0 fully saturated rings. The van der Waals surface area contributed by atoms with Gasteiger partial charge in [0.1, 0.15) is 0 Å². The number of anilines is 1. The molecule has 1 heterocycles. The van der Waals surface area contributed by atoms with Crippen molar-refractivity contribution in [2.45, 2.75) is 19.3 Å². The van der Waals surface area contributed by atoms with Crippen molar-refractivity contribution < 1.29 is 9.59 Å². The molecule has 1 aliphatic rings. The van der Waals surface area contributed by atoms with Crippen molar-refractivity contribution in [3.63, 3.8) is 0 Å². The van der Waals surface area contributed by atoms with Crippen LogP contribution in [0.15, 0.2) is 59.1 Å². The summed E-state index contributed by atoms with van der Waals surface area (Å²) >= 11 is 7.09. The molecule has 2 N–H and O–H groups in total. The van der Waals surface area contributed by atoms with Crippen molar-refractivity contribution in [2.24, 2.45) is 0 Å². The Balaban J connectivity index is 1.76. The Labute approximate surface area is 172 Å². The predicted molar refractivity (Wildman–Crippen MR) is 112 cm³/mol. The molecule has 142 valence electrons. The molecule has 0 saturated heterocycles. The Morgan fingerprint density at radius 1 is 1.29 bits per heavy atom. The smallest absolute Gasteiger partial charge is 0.234 e. The molecule has 7 heteroatoms. The number of nitrogens with one attached hydrogen (secondary N) is 2. The number of benzene rings is 2. The first kappa shape index (κ1) is 20.0. The molecule has 3 rings (SSSR count). The molecule has 1 atom stereocenters. The molecular weight excluding hydrogens is 394 g/mol. The van der Waals surface area contributed by atoms with Crippen molar-refractivity contribution in [3.05, 3.63) is 75.3 Å². The van der Waals surface area contributed by atoms with E-state index in [9.17, 15) is 14.9 Å². The zero-order chi connectivity index (χ0) is 20.1. The third-order valence-electron chi connectivity index (χ3n) is 4.40. The number of hydrogen-bond acceptors (Lipinski definition) is 4. The van der Waals surface area contributed by atoms with Gasteiger partial charge in [-0.1, -0.05) is 53.7 Å². The summed E-state index contributed by atoms with van der Waals surface area (Å²) in [7, 11) is 0. The molecule has 2 amide bonds. The molecule has 0 aliphatic carbocycles. The summed E-state index contributed by atoms with van der Waals surface area (Å²) in [6.07, 6.45) is 0.185. The number of carbonyl (C=O) groups excluding carboxylic acids is 2. The minimum absolute atomic E-state index is 0.0858. The van der Waals surface area contributed by atoms with Crippen molar-refractivity contribution >= 4 is 40.9 Å². The lowest BCUT2D eigenvalue weighted by atomic mass is 9.87. The fourth-order valence-corrected chi connectivity index (χ4v) is 3.95. The minimum atomic E-state index is -0.349. The number of nitrogens with zero attached hydrogens (tertiary/aromatic N) is 1. The van der Waals surface area contributed by atoms with Crippen LogP contribution in [0.25, 0.3) is 0 Å². The van der Waals surface area contributed by atoms with E-state index in [1.54, 1.807) is 12.1 Å². The zero-order valence-electron chi connectivity index (χ0n) is 15.2. The van der Waals surface area contributed by atoms with E-state index in [4.69, 9.17) is 11.6 Å². The summed E-state index contributed by atoms with van der Waals surface area (Å²) in [4.78, 5) is 24.5. The maximum atomic E-state index is 12.3. The van der Waals surface area contributed by atoms with Crippen LogP contribution in [0.3, 0.4) is 0 Å². The van der Waals surface area contributed by atoms with Gasteiger partial charge < -0.3 is 10.6 Å². The van der Waals surface area contributed by atoms with E-state index in [0.29, 0.717) is 15.6 Å². The lowest BCUT2D eigenvalue weighted by molar-refractivity contribution is -0.121. The maximum absolute atomic E-state index is 12.3. The third-order valence-corrected chi connectivity index (χ3v) is 5.66. The highest BCUT2D eigenvalue weighted by Crippen LogP contribution is 2.36. The second-order valence-corrected chi connectivity index (χ2v) is 7.78. The zero-order valence-corrected chi connectivity index (χ0v) is 16.7. The number of amides is 2. The van der Waals surface area contributed by atoms with E-state index in [1.807, 2.05) is 43.3 Å². The van der Waals surface area contributed by atoms with E-state index in [1.165, 1.54) is 0 Å². The monoisotopic (exact) mass is 411 g/mol. The van der Waals surface area contributed by atoms with Crippen LogP contribution in [-0.4, -0.2) is 17.6 Å². The number of para-hydroxylation sites is 1. The highest BCUT2D eigenvalue weighted by Gasteiger charge is 2.29. The lowest BCUT2D eigenvalue weighted by Gasteiger charge is -2.25. The van der Waals surface area contributed by atoms with Crippen LogP contribution in [0.4, 0.5) is 5.69 Å². The van der Waals surface area contributed by atoms with E-state index in [2.05, 4.69) is 16.7 Å². The summed E-state index contributed by atoms with van der Waals surface area (Å²) in [5.41, 5.74) is 3.01. The van der Waals surface area contributed by atoms with Gasteiger partial charge in [0.25, 0.3) is 0 Å². The van der Waals surface area contributed by atoms with Gasteiger partial charge in [-0.2, -0.15) is 5.26 Å². The number of hydrogen-bond donors (Lipinski definition) is 2. The first-order valence-corrected chi connectivity index (χ1v) is 10.0. The Hall–Kier alpha value is -2.75. The van der Waals surface area contributed by atoms with Crippen LogP contribution in [0, 0.1) is 18.3 Å². The first-order chi connectivity index (χ1) is 13.5. The van der Waals surface area contributed by atoms with Gasteiger partial charge in [0.2, 0.25) is 11.8 Å². The largest absolute Gasteiger partial charge is 0.325 e. The highest BCUT2D eigenvalue weighted by atomic mass is 35.5. The number of thioether (sulfide) groups is 1. The van der Waals surface area contributed by atoms with Crippen LogP contribution in [0.1, 0.15) is 23.5 Å². The average molecular weight is 412 g/mol. The molecule has 28 heavy (non-hydrogen) atoms. The van der Waals surface area contributed by atoms with E-state index in [0.717, 1.165) is 28.6 Å². The van der Waals surface area contributed by atoms with Crippen molar-refractivity contribution in [2.75, 3.05) is 11.1 Å². The number of nitriles is 1. The molecular formula is C21H18ClN3O2S. The van der Waals surface area contributed by atoms with Gasteiger partial charge in [-0.25, -0.2) is 0 Å². The maximum Gasteiger partial charge on any atom is 0.234 e. The third kappa shape index (κ3) is 4.75. The topological polar surface area (TPSA) is 82.0 Å². The SMILES string of the molecule is Cc1ccccc1NC(=O)CSC1=C(C#N)C(c2ccc(Cl)cc2)CC(=O)N1. The van der Waals surface area contributed by atoms with Gasteiger partial charge in [-0.15, -0.1) is 0 Å². The molecule has 2 aromatic carbocycles. The molecule has 0 bridgehead atoms. The van der Waals surface area contributed by atoms with Gasteiger partial charge in [0.05, 0.1) is 22.4 Å². The molecule has 1 unspecified atom stereocenters. The molecule has 5 nitrogen and oxygen atoms in total. The normalized spacial score (nSPS) is 16.3. The lowest BCUT2D eigenvalue weighted by Crippen LogP contribution is -2.31. The fourth-order valence-electron chi connectivity index (χ4n) is 2.95. The Kier molecular flexibility index (Phi) is 6.40. The van der Waals surface area contributed by atoms with Crippen LogP contribution >= 0.6 is 23.4 Å². The van der Waals surface area contributed by atoms with Crippen LogP contribution < -0.4 is 10.6 Å². The Morgan fingerprint density at radius 2 is 2.00 bits per heavy atom. The fraction of sp³-hybridized carbons (Fsp3) is 0.190. The number of aryl methyl sites for hydroxylation is 1. The summed E-state index contributed by atoms with van der Waals surface area (Å²) in [6.45, 7) is 1.91. The van der Waals surface area contributed by atoms with E-state index < -0.39 is 0 Å². The first-order valence-electron chi connectivity index (χ1n) is 8.66. The number of halogens is 1. The van der Waals surface area contributed by atoms with Crippen LogP contribution in [0.5, 0.6) is 0 Å². The van der Waals surface area contributed by atoms with Crippen molar-refractivity contribution in [1.29, 1.82) is 5.26 Å². The average Bonchev–Trinajstić information content (AvgIpc) is 2.68. The van der Waals surface area contributed by atoms with E-state index >= 15 is 0 Å². The molecule has 0 spiro atoms. The van der Waals surface area contributed by atoms with Gasteiger partial charge in [0.15, 0.2) is 0 Å². The van der Waals surface area contributed by atoms with Gasteiger partial charge in [-0.05, 0) is 36.2 Å². The van der Waals surface area contributed by atoms with Crippen LogP contribution in [-0.2, 0) is 9.59 Å². The molecule has 1 aliphatic heterocycles. The summed E-state index contributed by atoms with van der Waals surface area (Å²) in [6, 6.07) is 16.8. The summed E-state index contributed by atoms with van der Waals surface area (Å²) in [5.74, 6) is -0.645. The quantitative estimate of drug-likeness (QED) is 0.765. The minimum Gasteiger partial charge on any atom is -0.325 e. The van der Waals surface area contributed by atoms with Gasteiger partial charge in [-0.3, -0.25) is 9.59 Å².